The molecular weight excluding hydrogens is 176 g/mol. The SMILES string of the molecule is C=C(C)C.C=C(C)C=O.C=C(C)C=O. The fraction of sp³-hybridized carbons (Fsp3) is 0.333. The molecule has 0 spiro atoms. The van der Waals surface area contributed by atoms with Gasteiger partial charge in [-0.25, -0.2) is 0 Å². The summed E-state index contributed by atoms with van der Waals surface area (Å²) in [6.45, 7) is 17.4. The summed E-state index contributed by atoms with van der Waals surface area (Å²) in [4.78, 5) is 18.8. The number of rotatable bonds is 2. The lowest BCUT2D eigenvalue weighted by atomic mass is 10.4. The Morgan fingerprint density at radius 1 is 0.786 bits per heavy atom. The summed E-state index contributed by atoms with van der Waals surface area (Å²) in [6, 6.07) is 0. The van der Waals surface area contributed by atoms with Crippen molar-refractivity contribution in [2.75, 3.05) is 0 Å². The molecule has 0 fully saturated rings. The van der Waals surface area contributed by atoms with Crippen molar-refractivity contribution in [3.63, 3.8) is 0 Å². The molecule has 0 rings (SSSR count). The molecule has 0 aromatic rings. The summed E-state index contributed by atoms with van der Waals surface area (Å²) in [5.41, 5.74) is 2.31. The van der Waals surface area contributed by atoms with E-state index in [4.69, 9.17) is 0 Å². The van der Waals surface area contributed by atoms with Gasteiger partial charge in [-0.1, -0.05) is 18.7 Å². The number of hydrogen-bond acceptors (Lipinski definition) is 2. The Labute approximate surface area is 87.0 Å². The molecular formula is C12H20O2. The van der Waals surface area contributed by atoms with E-state index in [1.165, 1.54) is 5.57 Å². The Morgan fingerprint density at radius 3 is 0.857 bits per heavy atom. The average Bonchev–Trinajstić information content (AvgIpc) is 2.04. The lowest BCUT2D eigenvalue weighted by Gasteiger charge is -1.65. The van der Waals surface area contributed by atoms with Crippen LogP contribution in [-0.4, -0.2) is 12.6 Å². The van der Waals surface area contributed by atoms with E-state index in [1.807, 2.05) is 13.8 Å². The highest BCUT2D eigenvalue weighted by Gasteiger charge is 1.66. The van der Waals surface area contributed by atoms with Gasteiger partial charge < -0.3 is 0 Å². The first kappa shape index (κ1) is 18.4. The minimum atomic E-state index is 0.574. The van der Waals surface area contributed by atoms with Gasteiger partial charge in [0.25, 0.3) is 0 Å². The summed E-state index contributed by atoms with van der Waals surface area (Å²) in [5, 5.41) is 0. The summed E-state index contributed by atoms with van der Waals surface area (Å²) in [7, 11) is 0. The first-order chi connectivity index (χ1) is 6.27. The number of allylic oxidation sites excluding steroid dienone is 3. The van der Waals surface area contributed by atoms with E-state index in [0.29, 0.717) is 11.1 Å². The summed E-state index contributed by atoms with van der Waals surface area (Å²) in [5.74, 6) is 0. The van der Waals surface area contributed by atoms with E-state index in [2.05, 4.69) is 19.7 Å². The molecule has 0 amide bonds. The molecule has 0 aliphatic rings. The zero-order valence-electron chi connectivity index (χ0n) is 9.59. The van der Waals surface area contributed by atoms with Crippen molar-refractivity contribution < 1.29 is 9.59 Å². The predicted molar refractivity (Wildman–Crippen MR) is 62.2 cm³/mol. The first-order valence-corrected chi connectivity index (χ1v) is 4.11. The molecule has 0 unspecified atom stereocenters. The van der Waals surface area contributed by atoms with E-state index in [-0.39, 0.29) is 0 Å². The number of carbonyl (C=O) groups excluding carboxylic acids is 2. The van der Waals surface area contributed by atoms with Crippen LogP contribution in [0.25, 0.3) is 0 Å². The first-order valence-electron chi connectivity index (χ1n) is 4.11. The fourth-order valence-electron chi connectivity index (χ4n) is 0. The van der Waals surface area contributed by atoms with Gasteiger partial charge in [0.15, 0.2) is 0 Å². The van der Waals surface area contributed by atoms with Crippen LogP contribution < -0.4 is 0 Å². The van der Waals surface area contributed by atoms with Crippen LogP contribution in [0, 0.1) is 0 Å². The minimum Gasteiger partial charge on any atom is -0.298 e. The molecule has 0 bridgehead atoms. The molecule has 0 aliphatic heterocycles. The van der Waals surface area contributed by atoms with Crippen molar-refractivity contribution in [1.82, 2.24) is 0 Å². The fourth-order valence-corrected chi connectivity index (χ4v) is 0. The van der Waals surface area contributed by atoms with Crippen LogP contribution >= 0.6 is 0 Å². The maximum atomic E-state index is 9.41. The van der Waals surface area contributed by atoms with E-state index in [1.54, 1.807) is 13.8 Å². The standard InChI is InChI=1S/2C4H6O.C4H8/c2*1-4(2)3-5;1-4(2)3/h2*3H,1H2,2H3;1H2,2-3H3. The van der Waals surface area contributed by atoms with Gasteiger partial charge in [-0.15, -0.1) is 6.58 Å². The number of aldehydes is 2. The highest BCUT2D eigenvalue weighted by Crippen LogP contribution is 1.73. The summed E-state index contributed by atoms with van der Waals surface area (Å²) < 4.78 is 0. The zero-order valence-corrected chi connectivity index (χ0v) is 9.59. The van der Waals surface area contributed by atoms with Crippen molar-refractivity contribution >= 4 is 12.6 Å². The molecule has 2 nitrogen and oxygen atoms in total. The van der Waals surface area contributed by atoms with Gasteiger partial charge in [0.05, 0.1) is 0 Å². The second-order valence-electron chi connectivity index (χ2n) is 3.14. The van der Waals surface area contributed by atoms with Gasteiger partial charge >= 0.3 is 0 Å². The van der Waals surface area contributed by atoms with E-state index < -0.39 is 0 Å². The predicted octanol–water partition coefficient (Wildman–Crippen LogP) is 3.11. The average molecular weight is 196 g/mol. The third-order valence-corrected chi connectivity index (χ3v) is 0.402. The molecule has 0 saturated heterocycles. The Balaban J connectivity index is -0.000000131. The molecule has 2 heteroatoms. The molecule has 14 heavy (non-hydrogen) atoms. The second kappa shape index (κ2) is 14.1. The van der Waals surface area contributed by atoms with Gasteiger partial charge in [-0.3, -0.25) is 9.59 Å². The number of hydrogen-bond donors (Lipinski definition) is 0. The van der Waals surface area contributed by atoms with Crippen LogP contribution in [0.3, 0.4) is 0 Å². The molecule has 0 aliphatic carbocycles. The van der Waals surface area contributed by atoms with Crippen molar-refractivity contribution in [3.8, 4) is 0 Å². The van der Waals surface area contributed by atoms with Crippen LogP contribution in [0.1, 0.15) is 27.7 Å². The Kier molecular flexibility index (Phi) is 18.5. The van der Waals surface area contributed by atoms with Gasteiger partial charge in [-0.05, 0) is 38.8 Å². The van der Waals surface area contributed by atoms with Crippen molar-refractivity contribution in [2.45, 2.75) is 27.7 Å². The lowest BCUT2D eigenvalue weighted by molar-refractivity contribution is -0.105. The lowest BCUT2D eigenvalue weighted by Crippen LogP contribution is -1.65. The van der Waals surface area contributed by atoms with Crippen molar-refractivity contribution in [3.05, 3.63) is 36.5 Å². The largest absolute Gasteiger partial charge is 0.298 e. The summed E-state index contributed by atoms with van der Waals surface area (Å²) >= 11 is 0. The minimum absolute atomic E-state index is 0.574. The van der Waals surface area contributed by atoms with Crippen molar-refractivity contribution in [2.24, 2.45) is 0 Å². The monoisotopic (exact) mass is 196 g/mol. The van der Waals surface area contributed by atoms with Gasteiger partial charge in [0.2, 0.25) is 0 Å². The molecule has 0 heterocycles. The van der Waals surface area contributed by atoms with Crippen LogP contribution in [0.5, 0.6) is 0 Å². The molecule has 0 atom stereocenters. The van der Waals surface area contributed by atoms with Crippen LogP contribution in [-0.2, 0) is 9.59 Å². The highest BCUT2D eigenvalue weighted by atomic mass is 16.1. The van der Waals surface area contributed by atoms with Crippen LogP contribution in [0.4, 0.5) is 0 Å². The maximum Gasteiger partial charge on any atom is 0.145 e. The normalized spacial score (nSPS) is 6.57. The van der Waals surface area contributed by atoms with Gasteiger partial charge in [0.1, 0.15) is 12.6 Å². The van der Waals surface area contributed by atoms with Crippen molar-refractivity contribution in [1.29, 1.82) is 0 Å². The maximum absolute atomic E-state index is 9.41. The smallest absolute Gasteiger partial charge is 0.145 e. The summed E-state index contributed by atoms with van der Waals surface area (Å²) in [6.07, 6.45) is 1.44. The van der Waals surface area contributed by atoms with E-state index in [0.717, 1.165) is 12.6 Å². The second-order valence-corrected chi connectivity index (χ2v) is 3.14. The molecule has 80 valence electrons. The van der Waals surface area contributed by atoms with E-state index in [9.17, 15) is 9.59 Å². The number of carbonyl (C=O) groups is 2. The molecule has 0 radical (unpaired) electrons. The quantitative estimate of drug-likeness (QED) is 0.386. The van der Waals surface area contributed by atoms with Gasteiger partial charge in [0, 0.05) is 0 Å². The van der Waals surface area contributed by atoms with E-state index >= 15 is 0 Å². The third kappa shape index (κ3) is 147. The third-order valence-electron chi connectivity index (χ3n) is 0.402. The molecule has 0 N–H and O–H groups in total. The topological polar surface area (TPSA) is 34.1 Å². The van der Waals surface area contributed by atoms with Crippen LogP contribution in [0.2, 0.25) is 0 Å². The molecule has 0 aromatic heterocycles. The highest BCUT2D eigenvalue weighted by molar-refractivity contribution is 5.71. The molecule has 0 saturated carbocycles. The molecule has 0 aromatic carbocycles. The van der Waals surface area contributed by atoms with Gasteiger partial charge in [-0.2, -0.15) is 0 Å². The van der Waals surface area contributed by atoms with Crippen LogP contribution in [0.15, 0.2) is 36.5 Å². The zero-order chi connectivity index (χ0) is 12.1. The Bertz CT molecular complexity index is 190. The Hall–Kier alpha value is -1.44. The Morgan fingerprint density at radius 2 is 0.857 bits per heavy atom.